The van der Waals surface area contributed by atoms with E-state index >= 15 is 0 Å². The second-order valence-corrected chi connectivity index (χ2v) is 10.7. The molecule has 0 bridgehead atoms. The van der Waals surface area contributed by atoms with E-state index in [-0.39, 0.29) is 6.04 Å². The van der Waals surface area contributed by atoms with E-state index in [1.807, 2.05) is 36.4 Å². The Labute approximate surface area is 230 Å². The molecule has 200 valence electrons. The van der Waals surface area contributed by atoms with Crippen molar-refractivity contribution in [2.75, 3.05) is 37.4 Å². The normalized spacial score (nSPS) is 20.5. The third-order valence-electron chi connectivity index (χ3n) is 8.06. The number of benzene rings is 2. The molecule has 10 nitrogen and oxygen atoms in total. The minimum Gasteiger partial charge on any atom is -0.383 e. The molecule has 7 rings (SSSR count). The highest BCUT2D eigenvalue weighted by Gasteiger charge is 2.30. The average molecular weight is 544 g/mol. The van der Waals surface area contributed by atoms with E-state index in [1.54, 1.807) is 0 Å². The van der Waals surface area contributed by atoms with Crippen LogP contribution in [0.15, 0.2) is 48.8 Å². The third kappa shape index (κ3) is 4.48. The number of aromatic nitrogens is 6. The molecule has 2 aliphatic rings. The summed E-state index contributed by atoms with van der Waals surface area (Å²) in [5.74, 6) is 1.12. The van der Waals surface area contributed by atoms with Gasteiger partial charge in [-0.1, -0.05) is 29.8 Å². The van der Waals surface area contributed by atoms with Crippen molar-refractivity contribution in [1.29, 1.82) is 0 Å². The van der Waals surface area contributed by atoms with E-state index in [0.29, 0.717) is 22.7 Å². The minimum absolute atomic E-state index is 0.267. The lowest BCUT2D eigenvalue weighted by Gasteiger charge is -2.38. The SMILES string of the molecule is Nc1ncnc2c1c(-c1ccc3[nH]nc(Nc4ccccc4Cl)c3c1)nn2[C@H]1CC[C@H](N2CCOCC2)CC1. The Morgan fingerprint density at radius 1 is 1.00 bits per heavy atom. The molecule has 0 radical (unpaired) electrons. The maximum Gasteiger partial charge on any atom is 0.164 e. The zero-order chi connectivity index (χ0) is 26.3. The second kappa shape index (κ2) is 10.1. The van der Waals surface area contributed by atoms with Crippen LogP contribution >= 0.6 is 11.6 Å². The molecular weight excluding hydrogens is 514 g/mol. The summed E-state index contributed by atoms with van der Waals surface area (Å²) in [6.45, 7) is 3.72. The number of ether oxygens (including phenoxy) is 1. The standard InChI is InChI=1S/C28H30ClN9O/c29-21-3-1-2-4-23(21)33-27-20-15-17(5-10-22(20)34-35-27)25-24-26(30)31-16-32-28(24)38(36-25)19-8-6-18(7-9-19)37-11-13-39-14-12-37/h1-5,10,15-16,18-19H,6-9,11-14H2,(H2,30,31,32)(H2,33,34,35)/t18-,19-. The van der Waals surface area contributed by atoms with Gasteiger partial charge in [-0.3, -0.25) is 10.00 Å². The van der Waals surface area contributed by atoms with E-state index in [9.17, 15) is 0 Å². The number of nitrogens with zero attached hydrogens (tertiary/aromatic N) is 6. The number of hydrogen-bond acceptors (Lipinski definition) is 8. The molecule has 1 saturated carbocycles. The summed E-state index contributed by atoms with van der Waals surface area (Å²) in [6.07, 6.45) is 5.91. The number of rotatable bonds is 5. The molecule has 1 aliphatic carbocycles. The Morgan fingerprint density at radius 3 is 2.62 bits per heavy atom. The first-order valence-corrected chi connectivity index (χ1v) is 13.8. The first-order chi connectivity index (χ1) is 19.2. The summed E-state index contributed by atoms with van der Waals surface area (Å²) in [7, 11) is 0. The number of anilines is 3. The number of nitrogens with two attached hydrogens (primary N) is 1. The van der Waals surface area contributed by atoms with Gasteiger partial charge in [0.25, 0.3) is 0 Å². The van der Waals surface area contributed by atoms with Crippen LogP contribution in [0, 0.1) is 0 Å². The molecule has 0 unspecified atom stereocenters. The lowest BCUT2D eigenvalue weighted by atomic mass is 9.90. The quantitative estimate of drug-likeness (QED) is 0.277. The fourth-order valence-corrected chi connectivity index (χ4v) is 6.19. The third-order valence-corrected chi connectivity index (χ3v) is 8.39. The first-order valence-electron chi connectivity index (χ1n) is 13.5. The number of halogens is 1. The maximum atomic E-state index is 6.43. The van der Waals surface area contributed by atoms with E-state index in [2.05, 4.69) is 41.1 Å². The van der Waals surface area contributed by atoms with Gasteiger partial charge in [-0.2, -0.15) is 10.2 Å². The van der Waals surface area contributed by atoms with E-state index < -0.39 is 0 Å². The number of aromatic amines is 1. The van der Waals surface area contributed by atoms with Crippen LogP contribution in [0.5, 0.6) is 0 Å². The highest BCUT2D eigenvalue weighted by Crippen LogP contribution is 2.38. The molecule has 0 amide bonds. The Bertz CT molecular complexity index is 1630. The van der Waals surface area contributed by atoms with Gasteiger partial charge in [0.15, 0.2) is 11.5 Å². The molecule has 1 aliphatic heterocycles. The van der Waals surface area contributed by atoms with Crippen LogP contribution in [0.25, 0.3) is 33.2 Å². The highest BCUT2D eigenvalue weighted by atomic mass is 35.5. The lowest BCUT2D eigenvalue weighted by Crippen LogP contribution is -2.45. The van der Waals surface area contributed by atoms with Gasteiger partial charge in [0.2, 0.25) is 0 Å². The summed E-state index contributed by atoms with van der Waals surface area (Å²) >= 11 is 6.38. The van der Waals surface area contributed by atoms with Gasteiger partial charge in [0, 0.05) is 30.1 Å². The zero-order valence-electron chi connectivity index (χ0n) is 21.5. The van der Waals surface area contributed by atoms with Crippen molar-refractivity contribution >= 4 is 50.9 Å². The van der Waals surface area contributed by atoms with Crippen molar-refractivity contribution in [3.8, 4) is 11.3 Å². The number of nitrogen functional groups attached to an aromatic ring is 1. The van der Waals surface area contributed by atoms with Crippen LogP contribution in [0.4, 0.5) is 17.3 Å². The maximum absolute atomic E-state index is 6.43. The summed E-state index contributed by atoms with van der Waals surface area (Å²) in [6, 6.07) is 14.6. The topological polar surface area (TPSA) is 123 Å². The van der Waals surface area contributed by atoms with Crippen LogP contribution in [-0.2, 0) is 4.74 Å². The molecule has 11 heteroatoms. The van der Waals surface area contributed by atoms with Crippen molar-refractivity contribution < 1.29 is 4.74 Å². The number of nitrogens with one attached hydrogen (secondary N) is 2. The summed E-state index contributed by atoms with van der Waals surface area (Å²) in [5, 5.41) is 18.4. The molecule has 5 aromatic rings. The zero-order valence-corrected chi connectivity index (χ0v) is 22.2. The summed E-state index contributed by atoms with van der Waals surface area (Å²) in [5.41, 5.74) is 10.6. The van der Waals surface area contributed by atoms with Gasteiger partial charge in [0.1, 0.15) is 17.8 Å². The fourth-order valence-electron chi connectivity index (χ4n) is 6.01. The molecule has 0 spiro atoms. The van der Waals surface area contributed by atoms with Gasteiger partial charge in [0.05, 0.1) is 40.9 Å². The highest BCUT2D eigenvalue weighted by molar-refractivity contribution is 6.33. The van der Waals surface area contributed by atoms with Crippen LogP contribution in [0.2, 0.25) is 5.02 Å². The number of H-pyrrole nitrogens is 1. The van der Waals surface area contributed by atoms with Gasteiger partial charge < -0.3 is 15.8 Å². The molecule has 0 atom stereocenters. The van der Waals surface area contributed by atoms with Gasteiger partial charge >= 0.3 is 0 Å². The van der Waals surface area contributed by atoms with Crippen molar-refractivity contribution in [2.45, 2.75) is 37.8 Å². The lowest BCUT2D eigenvalue weighted by molar-refractivity contribution is 0.00520. The minimum atomic E-state index is 0.267. The Morgan fingerprint density at radius 2 is 1.79 bits per heavy atom. The molecule has 2 aromatic carbocycles. The molecule has 2 fully saturated rings. The number of morpholine rings is 1. The predicted molar refractivity (Wildman–Crippen MR) is 153 cm³/mol. The van der Waals surface area contributed by atoms with E-state index in [4.69, 9.17) is 27.2 Å². The largest absolute Gasteiger partial charge is 0.383 e. The van der Waals surface area contributed by atoms with Crippen molar-refractivity contribution in [2.24, 2.45) is 0 Å². The van der Waals surface area contributed by atoms with Gasteiger partial charge in [-0.05, 0) is 49.9 Å². The van der Waals surface area contributed by atoms with Crippen LogP contribution in [-0.4, -0.2) is 67.2 Å². The fraction of sp³-hybridized carbons (Fsp3) is 0.357. The predicted octanol–water partition coefficient (Wildman–Crippen LogP) is 5.16. The summed E-state index contributed by atoms with van der Waals surface area (Å²) in [4.78, 5) is 11.5. The molecular formula is C28H30ClN9O. The van der Waals surface area contributed by atoms with E-state index in [1.165, 1.54) is 6.33 Å². The Kier molecular flexibility index (Phi) is 6.30. The Hall–Kier alpha value is -3.73. The number of hydrogen-bond donors (Lipinski definition) is 3. The van der Waals surface area contributed by atoms with Gasteiger partial charge in [-0.25, -0.2) is 14.6 Å². The molecule has 4 heterocycles. The monoisotopic (exact) mass is 543 g/mol. The van der Waals surface area contributed by atoms with Crippen molar-refractivity contribution in [1.82, 2.24) is 34.8 Å². The second-order valence-electron chi connectivity index (χ2n) is 10.3. The smallest absolute Gasteiger partial charge is 0.164 e. The van der Waals surface area contributed by atoms with Crippen LogP contribution in [0.3, 0.4) is 0 Å². The molecule has 4 N–H and O–H groups in total. The number of fused-ring (bicyclic) bond motifs is 2. The number of para-hydroxylation sites is 1. The molecule has 39 heavy (non-hydrogen) atoms. The first kappa shape index (κ1) is 24.3. The van der Waals surface area contributed by atoms with Crippen LogP contribution in [0.1, 0.15) is 31.7 Å². The Balaban J connectivity index is 1.23. The molecule has 1 saturated heterocycles. The average Bonchev–Trinajstić information content (AvgIpc) is 3.57. The van der Waals surface area contributed by atoms with Crippen molar-refractivity contribution in [3.05, 3.63) is 53.8 Å². The van der Waals surface area contributed by atoms with Crippen molar-refractivity contribution in [3.63, 3.8) is 0 Å². The van der Waals surface area contributed by atoms with E-state index in [0.717, 1.165) is 90.9 Å². The molecule has 3 aromatic heterocycles. The van der Waals surface area contributed by atoms with Gasteiger partial charge in [-0.15, -0.1) is 0 Å². The van der Waals surface area contributed by atoms with Crippen LogP contribution < -0.4 is 11.1 Å². The summed E-state index contributed by atoms with van der Waals surface area (Å²) < 4.78 is 7.64.